The average molecular weight is 447 g/mol. The van der Waals surface area contributed by atoms with Crippen molar-refractivity contribution in [1.29, 1.82) is 0 Å². The molecule has 31 heavy (non-hydrogen) atoms. The second kappa shape index (κ2) is 8.27. The first-order valence-electron chi connectivity index (χ1n) is 8.59. The lowest BCUT2D eigenvalue weighted by atomic mass is 10.2. The van der Waals surface area contributed by atoms with Gasteiger partial charge in [0.25, 0.3) is 5.91 Å². The van der Waals surface area contributed by atoms with Crippen LogP contribution in [0.5, 0.6) is 0 Å². The maximum atomic E-state index is 13.1. The Kier molecular flexibility index (Phi) is 5.36. The minimum atomic E-state index is -0.714. The van der Waals surface area contributed by atoms with Crippen LogP contribution in [0.25, 0.3) is 0 Å². The summed E-state index contributed by atoms with van der Waals surface area (Å²) in [7, 11) is 0. The molecule has 1 amide bonds. The highest BCUT2D eigenvalue weighted by atomic mass is 35.5. The Morgan fingerprint density at radius 3 is 2.68 bits per heavy atom. The molecule has 0 aliphatic carbocycles. The number of halogens is 2. The summed E-state index contributed by atoms with van der Waals surface area (Å²) in [6, 6.07) is 5.48. The number of anilines is 1. The van der Waals surface area contributed by atoms with E-state index in [4.69, 9.17) is 11.6 Å². The van der Waals surface area contributed by atoms with Crippen molar-refractivity contribution < 1.29 is 14.1 Å². The number of amides is 1. The number of nitro groups is 1. The molecule has 3 heterocycles. The van der Waals surface area contributed by atoms with Crippen LogP contribution >= 0.6 is 11.6 Å². The van der Waals surface area contributed by atoms with Crippen LogP contribution in [0.3, 0.4) is 0 Å². The van der Waals surface area contributed by atoms with Crippen molar-refractivity contribution in [3.05, 3.63) is 75.3 Å². The highest BCUT2D eigenvalue weighted by molar-refractivity contribution is 6.31. The summed E-state index contributed by atoms with van der Waals surface area (Å²) in [5.41, 5.74) is 0.713. The monoisotopic (exact) mass is 446 g/mol. The molecule has 0 aliphatic heterocycles. The zero-order valence-corrected chi connectivity index (χ0v) is 16.2. The van der Waals surface area contributed by atoms with Gasteiger partial charge in [0.1, 0.15) is 12.1 Å². The van der Waals surface area contributed by atoms with E-state index in [0.717, 1.165) is 0 Å². The summed E-state index contributed by atoms with van der Waals surface area (Å²) in [4.78, 5) is 29.8. The van der Waals surface area contributed by atoms with Crippen molar-refractivity contribution >= 4 is 29.4 Å². The highest BCUT2D eigenvalue weighted by Crippen LogP contribution is 2.18. The molecule has 0 saturated carbocycles. The molecule has 13 nitrogen and oxygen atoms in total. The molecule has 0 unspecified atom stereocenters. The van der Waals surface area contributed by atoms with E-state index in [1.54, 1.807) is 0 Å². The first kappa shape index (κ1) is 20.1. The van der Waals surface area contributed by atoms with Gasteiger partial charge in [-0.25, -0.2) is 18.7 Å². The number of carbonyl (C=O) groups excluding carboxylic acids is 1. The lowest BCUT2D eigenvalue weighted by Gasteiger charge is -2.04. The molecule has 1 N–H and O–H groups in total. The van der Waals surface area contributed by atoms with Gasteiger partial charge >= 0.3 is 5.95 Å². The average Bonchev–Trinajstić information content (AvgIpc) is 3.46. The standard InChI is InChI=1S/C16H12ClFN10O3/c17-12-5-11(18)2-1-10(12)6-26-7-19-15(23-26)21-14(29)13-3-4-25(22-13)9-27-8-20-16(24-27)28(30)31/h1-5,7-8H,6,9H2,(H,21,23,29). The summed E-state index contributed by atoms with van der Waals surface area (Å²) < 4.78 is 17.1. The maximum Gasteiger partial charge on any atom is 0.491 e. The van der Waals surface area contributed by atoms with Crippen LogP contribution in [0.2, 0.25) is 5.02 Å². The van der Waals surface area contributed by atoms with Crippen LogP contribution in [-0.2, 0) is 13.2 Å². The fourth-order valence-electron chi connectivity index (χ4n) is 2.56. The Bertz CT molecular complexity index is 1270. The number of hydrogen-bond donors (Lipinski definition) is 1. The smallest absolute Gasteiger partial charge is 0.390 e. The van der Waals surface area contributed by atoms with Gasteiger partial charge in [-0.1, -0.05) is 22.7 Å². The van der Waals surface area contributed by atoms with Crippen LogP contribution in [0.4, 0.5) is 16.3 Å². The third kappa shape index (κ3) is 4.69. The zero-order valence-electron chi connectivity index (χ0n) is 15.5. The lowest BCUT2D eigenvalue weighted by molar-refractivity contribution is -0.394. The van der Waals surface area contributed by atoms with Gasteiger partial charge in [-0.3, -0.25) is 10.1 Å². The summed E-state index contributed by atoms with van der Waals surface area (Å²) in [6.45, 7) is 0.264. The van der Waals surface area contributed by atoms with E-state index in [0.29, 0.717) is 5.56 Å². The Morgan fingerprint density at radius 2 is 1.94 bits per heavy atom. The first-order chi connectivity index (χ1) is 14.9. The largest absolute Gasteiger partial charge is 0.491 e. The van der Waals surface area contributed by atoms with E-state index < -0.39 is 22.6 Å². The molecular weight excluding hydrogens is 435 g/mol. The second-order valence-electron chi connectivity index (χ2n) is 6.18. The van der Waals surface area contributed by atoms with Gasteiger partial charge in [0.05, 0.1) is 6.54 Å². The fraction of sp³-hybridized carbons (Fsp3) is 0.125. The minimum Gasteiger partial charge on any atom is -0.390 e. The number of rotatable bonds is 7. The number of hydrogen-bond acceptors (Lipinski definition) is 8. The minimum absolute atomic E-state index is 0.0272. The van der Waals surface area contributed by atoms with Crippen molar-refractivity contribution in [1.82, 2.24) is 39.3 Å². The zero-order chi connectivity index (χ0) is 22.0. The topological polar surface area (TPSA) is 151 Å². The molecule has 158 valence electrons. The third-order valence-corrected chi connectivity index (χ3v) is 4.31. The maximum absolute atomic E-state index is 13.1. The van der Waals surface area contributed by atoms with Crippen molar-refractivity contribution in [2.75, 3.05) is 5.32 Å². The van der Waals surface area contributed by atoms with E-state index >= 15 is 0 Å². The molecular formula is C16H12ClFN10O3. The Labute approximate surface area is 177 Å². The molecule has 0 aliphatic rings. The Morgan fingerprint density at radius 1 is 1.13 bits per heavy atom. The number of nitrogens with one attached hydrogen (secondary N) is 1. The predicted molar refractivity (Wildman–Crippen MR) is 103 cm³/mol. The van der Waals surface area contributed by atoms with E-state index in [1.165, 1.54) is 57.2 Å². The predicted octanol–water partition coefficient (Wildman–Crippen LogP) is 1.57. The van der Waals surface area contributed by atoms with E-state index in [1.807, 2.05) is 0 Å². The first-order valence-corrected chi connectivity index (χ1v) is 8.97. The Balaban J connectivity index is 1.38. The van der Waals surface area contributed by atoms with Gasteiger partial charge in [0, 0.05) is 16.3 Å². The molecule has 3 aromatic heterocycles. The Hall–Kier alpha value is -4.20. The lowest BCUT2D eigenvalue weighted by Crippen LogP contribution is -2.16. The molecule has 0 radical (unpaired) electrons. The van der Waals surface area contributed by atoms with Gasteiger partial charge in [0.15, 0.2) is 12.4 Å². The van der Waals surface area contributed by atoms with Crippen molar-refractivity contribution in [3.8, 4) is 0 Å². The van der Waals surface area contributed by atoms with Crippen molar-refractivity contribution in [3.63, 3.8) is 0 Å². The van der Waals surface area contributed by atoms with Crippen LogP contribution in [0.15, 0.2) is 43.1 Å². The highest BCUT2D eigenvalue weighted by Gasteiger charge is 2.16. The number of nitrogens with zero attached hydrogens (tertiary/aromatic N) is 9. The van der Waals surface area contributed by atoms with Crippen LogP contribution in [0.1, 0.15) is 16.1 Å². The number of carbonyl (C=O) groups is 1. The molecule has 0 bridgehead atoms. The quantitative estimate of drug-likeness (QED) is 0.331. The summed E-state index contributed by atoms with van der Waals surface area (Å²) in [5.74, 6) is -1.49. The summed E-state index contributed by atoms with van der Waals surface area (Å²) in [5, 5.41) is 25.3. The van der Waals surface area contributed by atoms with Gasteiger partial charge in [0.2, 0.25) is 12.3 Å². The number of aromatic nitrogens is 8. The van der Waals surface area contributed by atoms with Gasteiger partial charge < -0.3 is 10.1 Å². The summed E-state index contributed by atoms with van der Waals surface area (Å²) in [6.07, 6.45) is 4.08. The SMILES string of the molecule is O=C(Nc1ncn(Cc2ccc(F)cc2Cl)n1)c1ccn(Cn2cnc([N+](=O)[O-])n2)n1. The molecule has 0 fully saturated rings. The van der Waals surface area contributed by atoms with Gasteiger partial charge in [-0.2, -0.15) is 9.78 Å². The van der Waals surface area contributed by atoms with Crippen LogP contribution in [-0.4, -0.2) is 50.1 Å². The van der Waals surface area contributed by atoms with E-state index in [-0.39, 0.29) is 29.9 Å². The normalized spacial score (nSPS) is 10.9. The number of benzene rings is 1. The van der Waals surface area contributed by atoms with E-state index in [9.17, 15) is 19.3 Å². The molecule has 4 aromatic rings. The molecule has 0 saturated heterocycles. The van der Waals surface area contributed by atoms with Gasteiger partial charge in [-0.15, -0.1) is 5.10 Å². The molecule has 0 spiro atoms. The fourth-order valence-corrected chi connectivity index (χ4v) is 2.79. The van der Waals surface area contributed by atoms with E-state index in [2.05, 4.69) is 30.6 Å². The van der Waals surface area contributed by atoms with Gasteiger partial charge in [-0.05, 0) is 28.7 Å². The molecule has 1 aromatic carbocycles. The molecule has 0 atom stereocenters. The van der Waals surface area contributed by atoms with Crippen molar-refractivity contribution in [2.45, 2.75) is 13.2 Å². The van der Waals surface area contributed by atoms with Crippen LogP contribution in [0, 0.1) is 15.9 Å². The summed E-state index contributed by atoms with van der Waals surface area (Å²) >= 11 is 6.00. The van der Waals surface area contributed by atoms with Crippen molar-refractivity contribution in [2.24, 2.45) is 0 Å². The van der Waals surface area contributed by atoms with Crippen LogP contribution < -0.4 is 5.32 Å². The third-order valence-electron chi connectivity index (χ3n) is 3.96. The molecule has 15 heteroatoms. The second-order valence-corrected chi connectivity index (χ2v) is 6.59. The molecule has 4 rings (SSSR count).